The number of rotatable bonds is 6. The Bertz CT molecular complexity index is 818. The molecule has 0 fully saturated rings. The quantitative estimate of drug-likeness (QED) is 0.472. The first-order valence-electron chi connectivity index (χ1n) is 6.57. The summed E-state index contributed by atoms with van der Waals surface area (Å²) in [5.74, 6) is 0.650. The van der Waals surface area contributed by atoms with Gasteiger partial charge in [-0.1, -0.05) is 0 Å². The maximum Gasteiger partial charge on any atom is 0.296 e. The van der Waals surface area contributed by atoms with E-state index in [2.05, 4.69) is 5.32 Å². The fraction of sp³-hybridized carbons (Fsp3) is 0.143. The number of nitrogens with one attached hydrogen (secondary N) is 1. The van der Waals surface area contributed by atoms with E-state index in [1.165, 1.54) is 6.07 Å². The molecule has 0 radical (unpaired) electrons. The van der Waals surface area contributed by atoms with E-state index in [9.17, 15) is 23.1 Å². The Morgan fingerprint density at radius 1 is 1.22 bits per heavy atom. The Kier molecular flexibility index (Phi) is 4.82. The Balaban J connectivity index is 2.37. The third-order valence-electron chi connectivity index (χ3n) is 2.90. The highest BCUT2D eigenvalue weighted by Crippen LogP contribution is 2.29. The first-order chi connectivity index (χ1) is 10.8. The van der Waals surface area contributed by atoms with Crippen LogP contribution in [0.25, 0.3) is 0 Å². The average molecular weight is 338 g/mol. The number of anilines is 2. The Labute approximate surface area is 132 Å². The zero-order valence-corrected chi connectivity index (χ0v) is 12.9. The van der Waals surface area contributed by atoms with Crippen molar-refractivity contribution in [3.63, 3.8) is 0 Å². The summed E-state index contributed by atoms with van der Waals surface area (Å²) in [4.78, 5) is 9.43. The van der Waals surface area contributed by atoms with Crippen molar-refractivity contribution in [1.82, 2.24) is 0 Å². The molecule has 0 atom stereocenters. The van der Waals surface area contributed by atoms with Crippen LogP contribution in [0.15, 0.2) is 47.4 Å². The van der Waals surface area contributed by atoms with E-state index < -0.39 is 25.6 Å². The highest BCUT2D eigenvalue weighted by molar-refractivity contribution is 7.86. The van der Waals surface area contributed by atoms with Crippen LogP contribution in [-0.4, -0.2) is 24.5 Å². The first-order valence-corrected chi connectivity index (χ1v) is 8.01. The van der Waals surface area contributed by atoms with Gasteiger partial charge in [0.2, 0.25) is 0 Å². The monoisotopic (exact) mass is 338 g/mol. The lowest BCUT2D eigenvalue weighted by Gasteiger charge is -2.11. The molecule has 0 saturated carbocycles. The minimum atomic E-state index is -4.62. The highest BCUT2D eigenvalue weighted by atomic mass is 32.2. The normalized spacial score (nSPS) is 11.0. The molecule has 122 valence electrons. The summed E-state index contributed by atoms with van der Waals surface area (Å²) < 4.78 is 37.4. The average Bonchev–Trinajstić information content (AvgIpc) is 2.48. The van der Waals surface area contributed by atoms with E-state index >= 15 is 0 Å². The van der Waals surface area contributed by atoms with E-state index in [1.54, 1.807) is 24.3 Å². The van der Waals surface area contributed by atoms with E-state index in [-0.39, 0.29) is 5.69 Å². The summed E-state index contributed by atoms with van der Waals surface area (Å²) in [7, 11) is -4.62. The molecule has 8 nitrogen and oxygen atoms in total. The van der Waals surface area contributed by atoms with Crippen LogP contribution in [0.5, 0.6) is 5.75 Å². The van der Waals surface area contributed by atoms with Crippen molar-refractivity contribution < 1.29 is 22.6 Å². The Morgan fingerprint density at radius 3 is 2.39 bits per heavy atom. The minimum absolute atomic E-state index is 0.0299. The second kappa shape index (κ2) is 6.63. The predicted octanol–water partition coefficient (Wildman–Crippen LogP) is 2.98. The van der Waals surface area contributed by atoms with Gasteiger partial charge in [-0.15, -0.1) is 0 Å². The topological polar surface area (TPSA) is 119 Å². The van der Waals surface area contributed by atoms with Gasteiger partial charge in [0.25, 0.3) is 15.8 Å². The van der Waals surface area contributed by atoms with Crippen LogP contribution >= 0.6 is 0 Å². The van der Waals surface area contributed by atoms with Gasteiger partial charge in [0.15, 0.2) is 0 Å². The second-order valence-electron chi connectivity index (χ2n) is 4.50. The SMILES string of the molecule is CCOc1ccc(Nc2ccc([N+](=O)[O-])cc2S(=O)(=O)O)cc1. The molecule has 0 saturated heterocycles. The molecule has 0 spiro atoms. The molecule has 0 unspecified atom stereocenters. The van der Waals surface area contributed by atoms with Crippen LogP contribution in [0.2, 0.25) is 0 Å². The van der Waals surface area contributed by atoms with Crippen molar-refractivity contribution in [3.05, 3.63) is 52.6 Å². The fourth-order valence-corrected chi connectivity index (χ4v) is 2.56. The maximum atomic E-state index is 11.4. The van der Waals surface area contributed by atoms with Gasteiger partial charge in [-0.05, 0) is 37.3 Å². The molecule has 23 heavy (non-hydrogen) atoms. The standard InChI is InChI=1S/C14H14N2O6S/c1-2-22-12-6-3-10(4-7-12)15-13-8-5-11(16(17)18)9-14(13)23(19,20)21/h3-9,15H,2H2,1H3,(H,19,20,21). The summed E-state index contributed by atoms with van der Waals surface area (Å²) in [6.07, 6.45) is 0. The number of ether oxygens (including phenoxy) is 1. The maximum absolute atomic E-state index is 11.4. The predicted molar refractivity (Wildman–Crippen MR) is 83.8 cm³/mol. The van der Waals surface area contributed by atoms with Gasteiger partial charge in [0.05, 0.1) is 17.2 Å². The van der Waals surface area contributed by atoms with E-state index in [0.717, 1.165) is 12.1 Å². The van der Waals surface area contributed by atoms with E-state index in [1.807, 2.05) is 6.92 Å². The number of hydrogen-bond donors (Lipinski definition) is 2. The number of hydrogen-bond acceptors (Lipinski definition) is 6. The number of nitro benzene ring substituents is 1. The van der Waals surface area contributed by atoms with Crippen LogP contribution in [0.4, 0.5) is 17.1 Å². The zero-order valence-electron chi connectivity index (χ0n) is 12.1. The molecule has 2 aromatic carbocycles. The van der Waals surface area contributed by atoms with Crippen molar-refractivity contribution >= 4 is 27.2 Å². The summed E-state index contributed by atoms with van der Waals surface area (Å²) in [6, 6.07) is 9.84. The zero-order chi connectivity index (χ0) is 17.0. The van der Waals surface area contributed by atoms with Crippen LogP contribution in [0.3, 0.4) is 0 Å². The minimum Gasteiger partial charge on any atom is -0.494 e. The lowest BCUT2D eigenvalue weighted by atomic mass is 10.2. The van der Waals surface area contributed by atoms with Crippen LogP contribution in [0, 0.1) is 10.1 Å². The Morgan fingerprint density at radius 2 is 1.87 bits per heavy atom. The lowest BCUT2D eigenvalue weighted by Crippen LogP contribution is -2.04. The smallest absolute Gasteiger partial charge is 0.296 e. The summed E-state index contributed by atoms with van der Waals surface area (Å²) in [5, 5.41) is 13.5. The third kappa shape index (κ3) is 4.18. The van der Waals surface area contributed by atoms with Crippen molar-refractivity contribution in [2.75, 3.05) is 11.9 Å². The van der Waals surface area contributed by atoms with Gasteiger partial charge in [-0.25, -0.2) is 0 Å². The lowest BCUT2D eigenvalue weighted by molar-refractivity contribution is -0.385. The fourth-order valence-electron chi connectivity index (χ4n) is 1.90. The van der Waals surface area contributed by atoms with Gasteiger partial charge in [0, 0.05) is 17.8 Å². The molecule has 2 rings (SSSR count). The van der Waals surface area contributed by atoms with E-state index in [4.69, 9.17) is 4.74 Å². The van der Waals surface area contributed by atoms with Crippen molar-refractivity contribution in [2.24, 2.45) is 0 Å². The molecular formula is C14H14N2O6S. The van der Waals surface area contributed by atoms with Crippen LogP contribution < -0.4 is 10.1 Å². The molecule has 2 aromatic rings. The molecule has 0 aliphatic rings. The second-order valence-corrected chi connectivity index (χ2v) is 5.88. The molecular weight excluding hydrogens is 324 g/mol. The molecule has 0 aliphatic carbocycles. The van der Waals surface area contributed by atoms with Crippen molar-refractivity contribution in [1.29, 1.82) is 0 Å². The van der Waals surface area contributed by atoms with Crippen LogP contribution in [0.1, 0.15) is 6.92 Å². The highest BCUT2D eigenvalue weighted by Gasteiger charge is 2.20. The molecule has 0 aromatic heterocycles. The number of non-ortho nitro benzene ring substituents is 1. The molecule has 0 heterocycles. The van der Waals surface area contributed by atoms with Gasteiger partial charge in [-0.3, -0.25) is 14.7 Å². The number of nitro groups is 1. The van der Waals surface area contributed by atoms with Gasteiger partial charge in [0.1, 0.15) is 10.6 Å². The first kappa shape index (κ1) is 16.7. The van der Waals surface area contributed by atoms with Gasteiger partial charge < -0.3 is 10.1 Å². The molecule has 2 N–H and O–H groups in total. The van der Waals surface area contributed by atoms with Gasteiger partial charge in [-0.2, -0.15) is 8.42 Å². The van der Waals surface area contributed by atoms with Crippen molar-refractivity contribution in [2.45, 2.75) is 11.8 Å². The summed E-state index contributed by atoms with van der Waals surface area (Å²) in [5.41, 5.74) is 0.129. The number of nitrogens with zero attached hydrogens (tertiary/aromatic N) is 1. The van der Waals surface area contributed by atoms with Crippen molar-refractivity contribution in [3.8, 4) is 5.75 Å². The molecule has 0 bridgehead atoms. The largest absolute Gasteiger partial charge is 0.494 e. The molecule has 9 heteroatoms. The third-order valence-corrected chi connectivity index (χ3v) is 3.79. The number of benzene rings is 2. The van der Waals surface area contributed by atoms with Gasteiger partial charge >= 0.3 is 0 Å². The van der Waals surface area contributed by atoms with Crippen LogP contribution in [-0.2, 0) is 10.1 Å². The summed E-state index contributed by atoms with van der Waals surface area (Å²) in [6.45, 7) is 2.36. The molecule has 0 amide bonds. The Hall–Kier alpha value is -2.65. The summed E-state index contributed by atoms with van der Waals surface area (Å²) >= 11 is 0. The molecule has 0 aliphatic heterocycles. The van der Waals surface area contributed by atoms with E-state index in [0.29, 0.717) is 18.0 Å².